The average Bonchev–Trinajstić information content (AvgIpc) is 3.05. The first-order valence-electron chi connectivity index (χ1n) is 7.74. The van der Waals surface area contributed by atoms with E-state index in [2.05, 4.69) is 15.0 Å². The lowest BCUT2D eigenvalue weighted by Crippen LogP contribution is -2.49. The van der Waals surface area contributed by atoms with Crippen molar-refractivity contribution >= 4 is 21.8 Å². The van der Waals surface area contributed by atoms with Crippen molar-refractivity contribution in [3.8, 4) is 0 Å². The molecule has 0 fully saturated rings. The number of amides is 1. The van der Waals surface area contributed by atoms with Gasteiger partial charge in [-0.3, -0.25) is 13.8 Å². The first kappa shape index (κ1) is 16.4. The Hall–Kier alpha value is -2.42. The number of aryl methyl sites for hydroxylation is 2. The molecule has 0 saturated carbocycles. The molecule has 1 aliphatic heterocycles. The molecule has 3 rings (SSSR count). The van der Waals surface area contributed by atoms with Gasteiger partial charge in [0.15, 0.2) is 0 Å². The van der Waals surface area contributed by atoms with Crippen molar-refractivity contribution in [3.05, 3.63) is 42.2 Å². The fraction of sp³-hybridized carbons (Fsp3) is 0.400. The molecular formula is C15H19N5O3S. The Labute approximate surface area is 140 Å². The van der Waals surface area contributed by atoms with Gasteiger partial charge in [-0.15, -0.1) is 5.10 Å². The van der Waals surface area contributed by atoms with Crippen molar-refractivity contribution in [2.75, 3.05) is 4.31 Å². The van der Waals surface area contributed by atoms with E-state index in [-0.39, 0.29) is 19.0 Å². The normalized spacial score (nSPS) is 17.4. The van der Waals surface area contributed by atoms with Crippen LogP contribution in [0.5, 0.6) is 0 Å². The van der Waals surface area contributed by atoms with Crippen LogP contribution in [0.4, 0.5) is 5.69 Å². The number of nitrogens with one attached hydrogen (secondary N) is 1. The van der Waals surface area contributed by atoms with Gasteiger partial charge in [-0.05, 0) is 31.4 Å². The van der Waals surface area contributed by atoms with Gasteiger partial charge in [-0.1, -0.05) is 23.4 Å². The van der Waals surface area contributed by atoms with E-state index in [0.717, 1.165) is 12.0 Å². The molecule has 0 radical (unpaired) electrons. The fourth-order valence-corrected chi connectivity index (χ4v) is 4.34. The van der Waals surface area contributed by atoms with Crippen LogP contribution in [-0.2, 0) is 28.0 Å². The monoisotopic (exact) mass is 349 g/mol. The number of hydrogen-bond donors (Lipinski definition) is 1. The highest BCUT2D eigenvalue weighted by molar-refractivity contribution is 7.91. The Kier molecular flexibility index (Phi) is 4.52. The number of nitrogens with zero attached hydrogens (tertiary/aromatic N) is 4. The van der Waals surface area contributed by atoms with Crippen molar-refractivity contribution in [3.63, 3.8) is 0 Å². The summed E-state index contributed by atoms with van der Waals surface area (Å²) < 4.78 is 30.3. The maximum absolute atomic E-state index is 12.7. The highest BCUT2D eigenvalue weighted by Gasteiger charge is 2.33. The number of benzene rings is 1. The number of hydrogen-bond acceptors (Lipinski definition) is 5. The molecule has 1 aromatic heterocycles. The van der Waals surface area contributed by atoms with Gasteiger partial charge in [-0.2, -0.15) is 8.42 Å². The molecule has 0 bridgehead atoms. The molecule has 24 heavy (non-hydrogen) atoms. The minimum atomic E-state index is -3.95. The minimum Gasteiger partial charge on any atom is -0.274 e. The third-order valence-electron chi connectivity index (χ3n) is 4.00. The standard InChI is InChI=1S/C15H19N5O3S/c1-12-6-7-13-4-2-3-5-14(13)20(12)24(22,23)17-15(21)8-10-19-11-9-16-18-19/h2-5,9,11-12H,6-8,10H2,1H3,(H,17,21)/t12-/m0/s1. The van der Waals surface area contributed by atoms with Gasteiger partial charge in [-0.25, -0.2) is 4.72 Å². The van der Waals surface area contributed by atoms with Gasteiger partial charge in [0, 0.05) is 18.7 Å². The Balaban J connectivity index is 1.74. The molecule has 1 amide bonds. The van der Waals surface area contributed by atoms with Crippen molar-refractivity contribution in [1.82, 2.24) is 19.7 Å². The van der Waals surface area contributed by atoms with E-state index in [0.29, 0.717) is 12.1 Å². The summed E-state index contributed by atoms with van der Waals surface area (Å²) >= 11 is 0. The van der Waals surface area contributed by atoms with Crippen molar-refractivity contribution in [2.24, 2.45) is 0 Å². The summed E-state index contributed by atoms with van der Waals surface area (Å²) in [5, 5.41) is 7.38. The number of fused-ring (bicyclic) bond motifs is 1. The van der Waals surface area contributed by atoms with Gasteiger partial charge in [0.05, 0.1) is 18.4 Å². The Morgan fingerprint density at radius 1 is 1.38 bits per heavy atom. The number of anilines is 1. The number of aromatic nitrogens is 3. The molecule has 128 valence electrons. The topological polar surface area (TPSA) is 97.2 Å². The van der Waals surface area contributed by atoms with Crippen LogP contribution < -0.4 is 9.03 Å². The summed E-state index contributed by atoms with van der Waals surface area (Å²) in [5.41, 5.74) is 1.60. The third-order valence-corrected chi connectivity index (χ3v) is 5.56. The van der Waals surface area contributed by atoms with Crippen LogP contribution in [0.2, 0.25) is 0 Å². The second-order valence-corrected chi connectivity index (χ2v) is 7.31. The smallest absolute Gasteiger partial charge is 0.274 e. The number of rotatable bonds is 5. The lowest BCUT2D eigenvalue weighted by molar-refractivity contribution is -0.119. The predicted octanol–water partition coefficient (Wildman–Crippen LogP) is 0.870. The van der Waals surface area contributed by atoms with Crippen LogP contribution >= 0.6 is 0 Å². The molecule has 0 saturated heterocycles. The first-order valence-corrected chi connectivity index (χ1v) is 9.18. The van der Waals surface area contributed by atoms with E-state index in [1.54, 1.807) is 18.3 Å². The molecule has 8 nitrogen and oxygen atoms in total. The molecule has 1 atom stereocenters. The molecule has 2 heterocycles. The van der Waals surface area contributed by atoms with Crippen molar-refractivity contribution in [1.29, 1.82) is 0 Å². The number of carbonyl (C=O) groups excluding carboxylic acids is 1. The highest BCUT2D eigenvalue weighted by atomic mass is 32.2. The molecule has 0 aliphatic carbocycles. The summed E-state index contributed by atoms with van der Waals surface area (Å²) in [6.07, 6.45) is 4.66. The molecule has 2 aromatic rings. The third kappa shape index (κ3) is 3.40. The van der Waals surface area contributed by atoms with Gasteiger partial charge < -0.3 is 0 Å². The summed E-state index contributed by atoms with van der Waals surface area (Å²) in [6, 6.07) is 7.16. The van der Waals surface area contributed by atoms with Crippen LogP contribution in [-0.4, -0.2) is 35.4 Å². The van der Waals surface area contributed by atoms with E-state index in [9.17, 15) is 13.2 Å². The van der Waals surface area contributed by atoms with Crippen LogP contribution in [0.15, 0.2) is 36.7 Å². The highest BCUT2D eigenvalue weighted by Crippen LogP contribution is 2.32. The zero-order valence-corrected chi connectivity index (χ0v) is 14.1. The molecule has 1 N–H and O–H groups in total. The van der Waals surface area contributed by atoms with E-state index in [4.69, 9.17) is 0 Å². The Morgan fingerprint density at radius 3 is 2.92 bits per heavy atom. The van der Waals surface area contributed by atoms with Crippen molar-refractivity contribution in [2.45, 2.75) is 38.8 Å². The molecular weight excluding hydrogens is 330 g/mol. The maximum atomic E-state index is 12.7. The summed E-state index contributed by atoms with van der Waals surface area (Å²) in [6.45, 7) is 2.11. The molecule has 0 spiro atoms. The molecule has 1 aromatic carbocycles. The van der Waals surface area contributed by atoms with Crippen LogP contribution in [0.25, 0.3) is 0 Å². The largest absolute Gasteiger partial charge is 0.326 e. The lowest BCUT2D eigenvalue weighted by Gasteiger charge is -2.35. The van der Waals surface area contributed by atoms with Gasteiger partial charge in [0.1, 0.15) is 0 Å². The maximum Gasteiger partial charge on any atom is 0.326 e. The van der Waals surface area contributed by atoms with Gasteiger partial charge in [0.2, 0.25) is 5.91 Å². The number of carbonyl (C=O) groups is 1. The fourth-order valence-electron chi connectivity index (χ4n) is 2.83. The van der Waals surface area contributed by atoms with E-state index < -0.39 is 16.1 Å². The Morgan fingerprint density at radius 2 is 2.17 bits per heavy atom. The molecule has 0 unspecified atom stereocenters. The van der Waals surface area contributed by atoms with Gasteiger partial charge >= 0.3 is 10.2 Å². The van der Waals surface area contributed by atoms with Crippen LogP contribution in [0.3, 0.4) is 0 Å². The Bertz CT molecular complexity index is 819. The molecule has 9 heteroatoms. The van der Waals surface area contributed by atoms with E-state index in [1.165, 1.54) is 15.2 Å². The lowest BCUT2D eigenvalue weighted by atomic mass is 9.99. The minimum absolute atomic E-state index is 0.00641. The zero-order chi connectivity index (χ0) is 17.2. The van der Waals surface area contributed by atoms with Crippen molar-refractivity contribution < 1.29 is 13.2 Å². The summed E-state index contributed by atoms with van der Waals surface area (Å²) in [5.74, 6) is -0.569. The SMILES string of the molecule is C[C@H]1CCc2ccccc2N1S(=O)(=O)NC(=O)CCn1ccnn1. The quantitative estimate of drug-likeness (QED) is 0.864. The summed E-state index contributed by atoms with van der Waals surface area (Å²) in [7, 11) is -3.95. The first-order chi connectivity index (χ1) is 11.5. The summed E-state index contributed by atoms with van der Waals surface area (Å²) in [4.78, 5) is 12.0. The molecule has 1 aliphatic rings. The van der Waals surface area contributed by atoms with E-state index >= 15 is 0 Å². The van der Waals surface area contributed by atoms with E-state index in [1.807, 2.05) is 19.1 Å². The van der Waals surface area contributed by atoms with Crippen LogP contribution in [0, 0.1) is 0 Å². The zero-order valence-electron chi connectivity index (χ0n) is 13.3. The average molecular weight is 349 g/mol. The number of para-hydroxylation sites is 1. The second-order valence-electron chi connectivity index (χ2n) is 5.76. The predicted molar refractivity (Wildman–Crippen MR) is 88.4 cm³/mol. The van der Waals surface area contributed by atoms with Crippen LogP contribution in [0.1, 0.15) is 25.3 Å². The van der Waals surface area contributed by atoms with Gasteiger partial charge in [0.25, 0.3) is 0 Å². The second kappa shape index (κ2) is 6.60.